The second kappa shape index (κ2) is 6.88. The molecule has 0 saturated heterocycles. The van der Waals surface area contributed by atoms with E-state index in [1.54, 1.807) is 37.4 Å². The third-order valence-corrected chi connectivity index (χ3v) is 2.83. The lowest BCUT2D eigenvalue weighted by molar-refractivity contribution is 0.0901. The first kappa shape index (κ1) is 14.3. The third kappa shape index (κ3) is 3.69. The van der Waals surface area contributed by atoms with Gasteiger partial charge in [-0.3, -0.25) is 4.79 Å². The Morgan fingerprint density at radius 2 is 2.25 bits per heavy atom. The van der Waals surface area contributed by atoms with Gasteiger partial charge in [-0.25, -0.2) is 0 Å². The Bertz CT molecular complexity index is 551. The maximum Gasteiger partial charge on any atom is 0.251 e. The van der Waals surface area contributed by atoms with Crippen LogP contribution in [-0.4, -0.2) is 24.7 Å². The lowest BCUT2D eigenvalue weighted by Gasteiger charge is -2.10. The summed E-state index contributed by atoms with van der Waals surface area (Å²) in [5.41, 5.74) is 1.46. The van der Waals surface area contributed by atoms with E-state index in [4.69, 9.17) is 9.15 Å². The summed E-state index contributed by atoms with van der Waals surface area (Å²) in [7, 11) is 1.60. The van der Waals surface area contributed by atoms with E-state index >= 15 is 0 Å². The summed E-state index contributed by atoms with van der Waals surface area (Å²) in [5.74, 6) is 0.187. The maximum atomic E-state index is 12.0. The predicted molar refractivity (Wildman–Crippen MR) is 73.2 cm³/mol. The zero-order valence-corrected chi connectivity index (χ0v) is 11.2. The monoisotopic (exact) mass is 275 g/mol. The van der Waals surface area contributed by atoms with Crippen molar-refractivity contribution in [2.45, 2.75) is 12.7 Å². The maximum absolute atomic E-state index is 12.0. The molecule has 2 rings (SSSR count). The van der Waals surface area contributed by atoms with Crippen molar-refractivity contribution in [3.63, 3.8) is 0 Å². The third-order valence-electron chi connectivity index (χ3n) is 2.83. The molecule has 1 aromatic heterocycles. The van der Waals surface area contributed by atoms with Crippen molar-refractivity contribution in [1.29, 1.82) is 0 Å². The number of aliphatic hydroxyl groups is 1. The SMILES string of the molecule is COCc1cccc(C(=O)NCC(O)c2ccco2)c1. The Hall–Kier alpha value is -2.11. The molecule has 0 aliphatic rings. The van der Waals surface area contributed by atoms with Gasteiger partial charge in [0, 0.05) is 12.7 Å². The van der Waals surface area contributed by atoms with E-state index in [1.807, 2.05) is 6.07 Å². The van der Waals surface area contributed by atoms with Crippen molar-refractivity contribution in [1.82, 2.24) is 5.32 Å². The van der Waals surface area contributed by atoms with Crippen LogP contribution < -0.4 is 5.32 Å². The molecule has 1 unspecified atom stereocenters. The molecule has 0 aliphatic heterocycles. The van der Waals surface area contributed by atoms with Gasteiger partial charge in [-0.2, -0.15) is 0 Å². The fourth-order valence-corrected chi connectivity index (χ4v) is 1.84. The fraction of sp³-hybridized carbons (Fsp3) is 0.267. The predicted octanol–water partition coefficient (Wildman–Crippen LogP) is 1.89. The molecule has 0 aliphatic carbocycles. The minimum Gasteiger partial charge on any atom is -0.467 e. The Kier molecular flexibility index (Phi) is 4.92. The number of carbonyl (C=O) groups is 1. The molecule has 0 fully saturated rings. The molecule has 5 nitrogen and oxygen atoms in total. The van der Waals surface area contributed by atoms with Gasteiger partial charge in [-0.15, -0.1) is 0 Å². The summed E-state index contributed by atoms with van der Waals surface area (Å²) >= 11 is 0. The van der Waals surface area contributed by atoms with E-state index in [0.717, 1.165) is 5.56 Å². The summed E-state index contributed by atoms with van der Waals surface area (Å²) in [6.45, 7) is 0.553. The average Bonchev–Trinajstić information content (AvgIpc) is 2.99. The molecular weight excluding hydrogens is 258 g/mol. The van der Waals surface area contributed by atoms with Crippen molar-refractivity contribution >= 4 is 5.91 Å². The fourth-order valence-electron chi connectivity index (χ4n) is 1.84. The molecule has 0 saturated carbocycles. The van der Waals surface area contributed by atoms with E-state index in [9.17, 15) is 9.90 Å². The van der Waals surface area contributed by atoms with Gasteiger partial charge in [0.15, 0.2) is 0 Å². The van der Waals surface area contributed by atoms with Crippen LogP contribution in [0.2, 0.25) is 0 Å². The lowest BCUT2D eigenvalue weighted by atomic mass is 10.1. The first-order chi connectivity index (χ1) is 9.70. The molecule has 1 atom stereocenters. The number of methoxy groups -OCH3 is 1. The topological polar surface area (TPSA) is 71.7 Å². The Labute approximate surface area is 117 Å². The highest BCUT2D eigenvalue weighted by molar-refractivity contribution is 5.94. The highest BCUT2D eigenvalue weighted by Crippen LogP contribution is 2.12. The van der Waals surface area contributed by atoms with Crippen molar-refractivity contribution in [3.05, 3.63) is 59.5 Å². The van der Waals surface area contributed by atoms with Crippen LogP contribution in [0, 0.1) is 0 Å². The summed E-state index contributed by atoms with van der Waals surface area (Å²) in [6, 6.07) is 10.5. The summed E-state index contributed by atoms with van der Waals surface area (Å²) in [5, 5.41) is 12.5. The molecular formula is C15H17NO4. The minimum atomic E-state index is -0.851. The molecule has 1 amide bonds. The quantitative estimate of drug-likeness (QED) is 0.844. The van der Waals surface area contributed by atoms with Crippen molar-refractivity contribution in [2.24, 2.45) is 0 Å². The van der Waals surface area contributed by atoms with Gasteiger partial charge < -0.3 is 19.6 Å². The molecule has 0 radical (unpaired) electrons. The van der Waals surface area contributed by atoms with Gasteiger partial charge in [0.2, 0.25) is 0 Å². The van der Waals surface area contributed by atoms with Gasteiger partial charge >= 0.3 is 0 Å². The van der Waals surface area contributed by atoms with Crippen LogP contribution in [0.25, 0.3) is 0 Å². The first-order valence-corrected chi connectivity index (χ1v) is 6.28. The summed E-state index contributed by atoms with van der Waals surface area (Å²) < 4.78 is 10.1. The number of amides is 1. The van der Waals surface area contributed by atoms with Crippen molar-refractivity contribution < 1.29 is 19.1 Å². The molecule has 5 heteroatoms. The standard InChI is InChI=1S/C15H17NO4/c1-19-10-11-4-2-5-12(8-11)15(18)16-9-13(17)14-6-3-7-20-14/h2-8,13,17H,9-10H2,1H3,(H,16,18). The van der Waals surface area contributed by atoms with E-state index in [0.29, 0.717) is 17.9 Å². The number of nitrogens with one attached hydrogen (secondary N) is 1. The molecule has 2 N–H and O–H groups in total. The van der Waals surface area contributed by atoms with E-state index in [2.05, 4.69) is 5.32 Å². The highest BCUT2D eigenvalue weighted by Gasteiger charge is 2.13. The van der Waals surface area contributed by atoms with Gasteiger partial charge in [-0.1, -0.05) is 12.1 Å². The molecule has 2 aromatic rings. The van der Waals surface area contributed by atoms with Crippen LogP contribution in [-0.2, 0) is 11.3 Å². The van der Waals surface area contributed by atoms with E-state index < -0.39 is 6.10 Å². The first-order valence-electron chi connectivity index (χ1n) is 6.28. The number of aliphatic hydroxyl groups excluding tert-OH is 1. The lowest BCUT2D eigenvalue weighted by Crippen LogP contribution is -2.28. The number of hydrogen-bond donors (Lipinski definition) is 2. The largest absolute Gasteiger partial charge is 0.467 e. The molecule has 0 bridgehead atoms. The van der Waals surface area contributed by atoms with Crippen LogP contribution >= 0.6 is 0 Å². The number of furan rings is 1. The molecule has 0 spiro atoms. The average molecular weight is 275 g/mol. The normalized spacial score (nSPS) is 12.1. The second-order valence-electron chi connectivity index (χ2n) is 4.37. The van der Waals surface area contributed by atoms with Crippen molar-refractivity contribution in [3.8, 4) is 0 Å². The number of hydrogen-bond acceptors (Lipinski definition) is 4. The molecule has 1 heterocycles. The van der Waals surface area contributed by atoms with Crippen LogP contribution in [0.5, 0.6) is 0 Å². The van der Waals surface area contributed by atoms with Gasteiger partial charge in [0.1, 0.15) is 11.9 Å². The molecule has 20 heavy (non-hydrogen) atoms. The number of rotatable bonds is 6. The smallest absolute Gasteiger partial charge is 0.251 e. The zero-order chi connectivity index (χ0) is 14.4. The van der Waals surface area contributed by atoms with E-state index in [-0.39, 0.29) is 12.5 Å². The van der Waals surface area contributed by atoms with Gasteiger partial charge in [0.25, 0.3) is 5.91 Å². The number of benzene rings is 1. The molecule has 1 aromatic carbocycles. The van der Waals surface area contributed by atoms with Crippen LogP contribution in [0.3, 0.4) is 0 Å². The number of carbonyl (C=O) groups excluding carboxylic acids is 1. The van der Waals surface area contributed by atoms with Crippen LogP contribution in [0.4, 0.5) is 0 Å². The summed E-state index contributed by atoms with van der Waals surface area (Å²) in [6.07, 6.45) is 0.630. The Balaban J connectivity index is 1.93. The van der Waals surface area contributed by atoms with Gasteiger partial charge in [0.05, 0.1) is 19.4 Å². The Morgan fingerprint density at radius 3 is 2.95 bits per heavy atom. The second-order valence-corrected chi connectivity index (χ2v) is 4.37. The summed E-state index contributed by atoms with van der Waals surface area (Å²) in [4.78, 5) is 12.0. The number of ether oxygens (including phenoxy) is 1. The zero-order valence-electron chi connectivity index (χ0n) is 11.2. The highest BCUT2D eigenvalue weighted by atomic mass is 16.5. The van der Waals surface area contributed by atoms with Gasteiger partial charge in [-0.05, 0) is 29.8 Å². The van der Waals surface area contributed by atoms with Crippen LogP contribution in [0.1, 0.15) is 27.8 Å². The van der Waals surface area contributed by atoms with Crippen LogP contribution in [0.15, 0.2) is 47.1 Å². The van der Waals surface area contributed by atoms with E-state index in [1.165, 1.54) is 6.26 Å². The van der Waals surface area contributed by atoms with Crippen molar-refractivity contribution in [2.75, 3.05) is 13.7 Å². The Morgan fingerprint density at radius 1 is 1.40 bits per heavy atom. The minimum absolute atomic E-state index is 0.0981. The molecule has 106 valence electrons.